The SMILES string of the molecule is CO[C@@H]1C=C2[C@@H]3[C@@H](C)[C@H](C)CC[C@]3(C(=O)O)CC[C@@]2(C)[C@]2(C)CCC3C(C)(C)[C@H](O)[C@H](O)C[C@]3(C)[C@@H]12. The van der Waals surface area contributed by atoms with Crippen molar-refractivity contribution >= 4 is 5.97 Å². The summed E-state index contributed by atoms with van der Waals surface area (Å²) in [6, 6.07) is 0. The van der Waals surface area contributed by atoms with Crippen molar-refractivity contribution in [3.05, 3.63) is 11.6 Å². The fraction of sp³-hybridized carbons (Fsp3) is 0.903. The highest BCUT2D eigenvalue weighted by atomic mass is 16.5. The van der Waals surface area contributed by atoms with E-state index in [0.29, 0.717) is 18.3 Å². The van der Waals surface area contributed by atoms with Crippen LogP contribution in [0.25, 0.3) is 0 Å². The fourth-order valence-corrected chi connectivity index (χ4v) is 11.3. The number of carbonyl (C=O) groups is 1. The van der Waals surface area contributed by atoms with Crippen LogP contribution in [0.5, 0.6) is 0 Å². The van der Waals surface area contributed by atoms with Gasteiger partial charge in [-0.15, -0.1) is 0 Å². The van der Waals surface area contributed by atoms with Crippen LogP contribution in [0.4, 0.5) is 0 Å². The Morgan fingerprint density at radius 2 is 1.67 bits per heavy atom. The van der Waals surface area contributed by atoms with E-state index < -0.39 is 23.6 Å². The van der Waals surface area contributed by atoms with E-state index in [1.165, 1.54) is 5.57 Å². The zero-order valence-electron chi connectivity index (χ0n) is 23.8. The lowest BCUT2D eigenvalue weighted by atomic mass is 9.32. The molecule has 1 unspecified atom stereocenters. The number of hydrogen-bond acceptors (Lipinski definition) is 4. The van der Waals surface area contributed by atoms with Crippen LogP contribution in [0.1, 0.15) is 93.4 Å². The van der Waals surface area contributed by atoms with Gasteiger partial charge in [0.15, 0.2) is 0 Å². The topological polar surface area (TPSA) is 87.0 Å². The van der Waals surface area contributed by atoms with Crippen molar-refractivity contribution in [2.75, 3.05) is 7.11 Å². The number of aliphatic hydroxyl groups is 2. The van der Waals surface area contributed by atoms with E-state index in [1.807, 2.05) is 0 Å². The Hall–Kier alpha value is -0.910. The summed E-state index contributed by atoms with van der Waals surface area (Å²) < 4.78 is 6.33. The number of methoxy groups -OCH3 is 1. The lowest BCUT2D eigenvalue weighted by Crippen LogP contribution is -2.69. The molecule has 0 aromatic carbocycles. The molecule has 0 amide bonds. The lowest BCUT2D eigenvalue weighted by Gasteiger charge is -2.72. The second kappa shape index (κ2) is 8.05. The van der Waals surface area contributed by atoms with Crippen molar-refractivity contribution in [1.82, 2.24) is 0 Å². The first-order valence-corrected chi connectivity index (χ1v) is 14.5. The molecule has 5 aliphatic carbocycles. The van der Waals surface area contributed by atoms with E-state index in [2.05, 4.69) is 54.5 Å². The molecule has 12 atom stereocenters. The zero-order chi connectivity index (χ0) is 26.6. The highest BCUT2D eigenvalue weighted by Gasteiger charge is 2.72. The first kappa shape index (κ1) is 26.7. The Labute approximate surface area is 218 Å². The van der Waals surface area contributed by atoms with Gasteiger partial charge in [0.2, 0.25) is 0 Å². The largest absolute Gasteiger partial charge is 0.481 e. The van der Waals surface area contributed by atoms with Crippen molar-refractivity contribution in [1.29, 1.82) is 0 Å². The Morgan fingerprint density at radius 1 is 1.00 bits per heavy atom. The van der Waals surface area contributed by atoms with Crippen LogP contribution in [-0.4, -0.2) is 46.7 Å². The summed E-state index contributed by atoms with van der Waals surface area (Å²) in [5.74, 6) is 0.716. The van der Waals surface area contributed by atoms with E-state index in [-0.39, 0.29) is 45.5 Å². The smallest absolute Gasteiger partial charge is 0.310 e. The van der Waals surface area contributed by atoms with Crippen LogP contribution in [0, 0.1) is 56.7 Å². The van der Waals surface area contributed by atoms with Crippen molar-refractivity contribution in [2.24, 2.45) is 56.7 Å². The summed E-state index contributed by atoms with van der Waals surface area (Å²) in [4.78, 5) is 12.9. The Balaban J connectivity index is 1.69. The van der Waals surface area contributed by atoms with E-state index in [1.54, 1.807) is 7.11 Å². The number of fused-ring (bicyclic) bond motifs is 7. The minimum atomic E-state index is -0.746. The van der Waals surface area contributed by atoms with Crippen LogP contribution in [-0.2, 0) is 9.53 Å². The standard InChI is InChI=1S/C31H50O5/c1-17-9-12-31(26(34)35)14-13-29(6)19(23(31)18(17)2)15-21(36-8)24-28(5)16-20(32)25(33)27(3,4)22(28)10-11-30(24,29)7/h15,17-18,20-25,32-33H,9-14,16H2,1-8H3,(H,34,35)/t17-,18+,20-,21-,22?,23+,24-,25-,28+,29-,30-,31+/m1/s1. The number of carboxylic acids is 1. The van der Waals surface area contributed by atoms with Crippen molar-refractivity contribution in [3.63, 3.8) is 0 Å². The Kier molecular flexibility index (Phi) is 5.97. The molecule has 0 heterocycles. The van der Waals surface area contributed by atoms with E-state index >= 15 is 0 Å². The Bertz CT molecular complexity index is 957. The number of rotatable bonds is 2. The van der Waals surface area contributed by atoms with E-state index in [0.717, 1.165) is 38.5 Å². The minimum Gasteiger partial charge on any atom is -0.481 e. The quantitative estimate of drug-likeness (QED) is 0.423. The monoisotopic (exact) mass is 502 g/mol. The summed E-state index contributed by atoms with van der Waals surface area (Å²) in [7, 11) is 1.80. The van der Waals surface area contributed by atoms with Gasteiger partial charge < -0.3 is 20.1 Å². The number of carboxylic acid groups (broad SMARTS) is 1. The van der Waals surface area contributed by atoms with Gasteiger partial charge in [0.25, 0.3) is 0 Å². The molecule has 3 N–H and O–H groups in total. The maximum absolute atomic E-state index is 12.9. The fourth-order valence-electron chi connectivity index (χ4n) is 11.3. The van der Waals surface area contributed by atoms with Gasteiger partial charge in [0, 0.05) is 13.0 Å². The molecule has 204 valence electrons. The third kappa shape index (κ3) is 3.03. The van der Waals surface area contributed by atoms with Crippen LogP contribution < -0.4 is 0 Å². The molecular formula is C31H50O5. The van der Waals surface area contributed by atoms with Gasteiger partial charge in [-0.1, -0.05) is 60.1 Å². The second-order valence-electron chi connectivity index (χ2n) is 15.0. The molecule has 0 bridgehead atoms. The molecule has 5 nitrogen and oxygen atoms in total. The average molecular weight is 503 g/mol. The van der Waals surface area contributed by atoms with Crippen LogP contribution in [0.2, 0.25) is 0 Å². The second-order valence-corrected chi connectivity index (χ2v) is 15.0. The van der Waals surface area contributed by atoms with Gasteiger partial charge in [-0.05, 0) is 90.3 Å². The summed E-state index contributed by atoms with van der Waals surface area (Å²) in [6.45, 7) is 16.1. The molecular weight excluding hydrogens is 452 g/mol. The predicted molar refractivity (Wildman–Crippen MR) is 140 cm³/mol. The minimum absolute atomic E-state index is 0.0358. The van der Waals surface area contributed by atoms with Crippen LogP contribution in [0.3, 0.4) is 0 Å². The van der Waals surface area contributed by atoms with Gasteiger partial charge in [0.05, 0.1) is 23.7 Å². The molecule has 4 fully saturated rings. The molecule has 0 saturated heterocycles. The zero-order valence-corrected chi connectivity index (χ0v) is 23.8. The third-order valence-electron chi connectivity index (χ3n) is 13.6. The maximum atomic E-state index is 12.9. The molecule has 0 aromatic rings. The van der Waals surface area contributed by atoms with E-state index in [4.69, 9.17) is 4.74 Å². The molecule has 5 aliphatic rings. The number of hydrogen-bond donors (Lipinski definition) is 3. The average Bonchev–Trinajstić information content (AvgIpc) is 2.79. The molecule has 0 spiro atoms. The highest BCUT2D eigenvalue weighted by Crippen LogP contribution is 2.76. The molecule has 4 saturated carbocycles. The predicted octanol–water partition coefficient (Wildman–Crippen LogP) is 5.69. The van der Waals surface area contributed by atoms with Crippen molar-refractivity contribution in [3.8, 4) is 0 Å². The first-order valence-electron chi connectivity index (χ1n) is 14.5. The molecule has 0 aromatic heterocycles. The highest BCUT2D eigenvalue weighted by molar-refractivity contribution is 5.76. The molecule has 5 heteroatoms. The molecule has 0 aliphatic heterocycles. The summed E-state index contributed by atoms with van der Waals surface area (Å²) in [6.07, 6.45) is 6.78. The van der Waals surface area contributed by atoms with Crippen LogP contribution >= 0.6 is 0 Å². The number of ether oxygens (including phenoxy) is 1. The van der Waals surface area contributed by atoms with Crippen molar-refractivity contribution < 1.29 is 24.9 Å². The van der Waals surface area contributed by atoms with Gasteiger partial charge in [-0.2, -0.15) is 0 Å². The summed E-state index contributed by atoms with van der Waals surface area (Å²) in [5, 5.41) is 32.7. The van der Waals surface area contributed by atoms with Crippen LogP contribution in [0.15, 0.2) is 11.6 Å². The lowest BCUT2D eigenvalue weighted by molar-refractivity contribution is -0.250. The number of aliphatic carboxylic acids is 1. The third-order valence-corrected chi connectivity index (χ3v) is 13.6. The normalized spacial score (nSPS) is 55.9. The molecule has 0 radical (unpaired) electrons. The van der Waals surface area contributed by atoms with Gasteiger partial charge in [-0.25, -0.2) is 0 Å². The number of aliphatic hydroxyl groups excluding tert-OH is 2. The summed E-state index contributed by atoms with van der Waals surface area (Å²) in [5.41, 5.74) is -0.0819. The van der Waals surface area contributed by atoms with Gasteiger partial charge in [0.1, 0.15) is 0 Å². The number of allylic oxidation sites excluding steroid dienone is 1. The van der Waals surface area contributed by atoms with Crippen molar-refractivity contribution in [2.45, 2.75) is 112 Å². The summed E-state index contributed by atoms with van der Waals surface area (Å²) >= 11 is 0. The molecule has 36 heavy (non-hydrogen) atoms. The van der Waals surface area contributed by atoms with Gasteiger partial charge >= 0.3 is 5.97 Å². The maximum Gasteiger partial charge on any atom is 0.310 e. The van der Waals surface area contributed by atoms with E-state index in [9.17, 15) is 20.1 Å². The Morgan fingerprint density at radius 3 is 2.28 bits per heavy atom. The van der Waals surface area contributed by atoms with Gasteiger partial charge in [-0.3, -0.25) is 4.79 Å². The molecule has 5 rings (SSSR count). The first-order chi connectivity index (χ1) is 16.6.